The Bertz CT molecular complexity index is 1330. The number of piperidine rings is 1. The predicted molar refractivity (Wildman–Crippen MR) is 141 cm³/mol. The smallest absolute Gasteiger partial charge is 0.255 e. The highest BCUT2D eigenvalue weighted by molar-refractivity contribution is 6.01. The lowest BCUT2D eigenvalue weighted by Gasteiger charge is -2.28. The second-order valence-electron chi connectivity index (χ2n) is 8.52. The van der Waals surface area contributed by atoms with Crippen LogP contribution in [0.1, 0.15) is 68.6 Å². The Labute approximate surface area is 217 Å². The molecule has 192 valence electrons. The Morgan fingerprint density at radius 3 is 2.49 bits per heavy atom. The molecule has 5 rings (SSSR count). The number of fused-ring (bicyclic) bond motifs is 1. The van der Waals surface area contributed by atoms with Crippen molar-refractivity contribution in [3.63, 3.8) is 0 Å². The van der Waals surface area contributed by atoms with E-state index in [-0.39, 0.29) is 35.2 Å². The van der Waals surface area contributed by atoms with Gasteiger partial charge in [-0.15, -0.1) is 0 Å². The van der Waals surface area contributed by atoms with Crippen molar-refractivity contribution in [3.8, 4) is 29.1 Å². The van der Waals surface area contributed by atoms with Crippen LogP contribution in [-0.2, 0) is 6.54 Å². The maximum absolute atomic E-state index is 14.7. The molecule has 0 aliphatic carbocycles. The van der Waals surface area contributed by atoms with Crippen LogP contribution in [0.25, 0.3) is 16.9 Å². The summed E-state index contributed by atoms with van der Waals surface area (Å²) in [6, 6.07) is 12.1. The summed E-state index contributed by atoms with van der Waals surface area (Å²) >= 11 is 0. The number of benzene rings is 1. The van der Waals surface area contributed by atoms with E-state index in [1.165, 1.54) is 24.6 Å². The third-order valence-corrected chi connectivity index (χ3v) is 5.93. The van der Waals surface area contributed by atoms with Crippen molar-refractivity contribution in [3.05, 3.63) is 59.2 Å². The summed E-state index contributed by atoms with van der Waals surface area (Å²) < 4.78 is 16.3. The fourth-order valence-corrected chi connectivity index (χ4v) is 4.25. The Morgan fingerprint density at radius 2 is 1.84 bits per heavy atom. The van der Waals surface area contributed by atoms with Gasteiger partial charge in [-0.1, -0.05) is 40.2 Å². The third-order valence-electron chi connectivity index (χ3n) is 5.93. The molecule has 8 nitrogen and oxygen atoms in total. The molecule has 0 bridgehead atoms. The number of carbonyl (C=O) groups excluding carboxylic acids is 1. The van der Waals surface area contributed by atoms with Crippen molar-refractivity contribution >= 4 is 11.7 Å². The number of nitrogens with zero attached hydrogens (tertiary/aromatic N) is 6. The Hall–Kier alpha value is -4.24. The minimum absolute atomic E-state index is 0.0677. The molecule has 1 fully saturated rings. The van der Waals surface area contributed by atoms with Crippen LogP contribution in [0.4, 0.5) is 10.2 Å². The first-order valence-electron chi connectivity index (χ1n) is 12.7. The highest BCUT2D eigenvalue weighted by Gasteiger charge is 2.28. The van der Waals surface area contributed by atoms with E-state index in [9.17, 15) is 14.4 Å². The lowest BCUT2D eigenvalue weighted by Crippen LogP contribution is -2.33. The molecule has 37 heavy (non-hydrogen) atoms. The molecular formula is C28H32FN7O. The summed E-state index contributed by atoms with van der Waals surface area (Å²) in [7, 11) is 0. The van der Waals surface area contributed by atoms with E-state index >= 15 is 0 Å². The van der Waals surface area contributed by atoms with E-state index in [1.807, 2.05) is 26.0 Å². The van der Waals surface area contributed by atoms with Gasteiger partial charge in [0, 0.05) is 31.3 Å². The average molecular weight is 502 g/mol. The molecule has 9 heteroatoms. The monoisotopic (exact) mass is 501 g/mol. The highest BCUT2D eigenvalue weighted by Crippen LogP contribution is 2.32. The molecule has 0 saturated carbocycles. The number of nitrogens with one attached hydrogen (secondary N) is 1. The van der Waals surface area contributed by atoms with E-state index < -0.39 is 5.82 Å². The van der Waals surface area contributed by atoms with Gasteiger partial charge in [0.2, 0.25) is 0 Å². The fourth-order valence-electron chi connectivity index (χ4n) is 4.25. The van der Waals surface area contributed by atoms with Crippen LogP contribution in [0.15, 0.2) is 36.5 Å². The lowest BCUT2D eigenvalue weighted by molar-refractivity contribution is 0.0965. The van der Waals surface area contributed by atoms with Gasteiger partial charge in [0.1, 0.15) is 5.82 Å². The second-order valence-corrected chi connectivity index (χ2v) is 8.52. The van der Waals surface area contributed by atoms with Crippen LogP contribution in [0, 0.1) is 34.4 Å². The largest absolute Gasteiger partial charge is 0.355 e. The van der Waals surface area contributed by atoms with Gasteiger partial charge in [-0.2, -0.15) is 15.6 Å². The molecule has 2 aromatic heterocycles. The van der Waals surface area contributed by atoms with Gasteiger partial charge in [-0.05, 0) is 31.0 Å². The first-order chi connectivity index (χ1) is 18.0. The Kier molecular flexibility index (Phi) is 9.34. The van der Waals surface area contributed by atoms with E-state index in [0.717, 1.165) is 31.7 Å². The summed E-state index contributed by atoms with van der Waals surface area (Å²) in [5, 5.41) is 26.0. The number of aromatic nitrogens is 3. The number of hydrogen-bond acceptors (Lipinski definition) is 6. The summed E-state index contributed by atoms with van der Waals surface area (Å²) in [6.07, 6.45) is 4.57. The molecule has 1 N–H and O–H groups in total. The van der Waals surface area contributed by atoms with E-state index in [1.54, 1.807) is 16.9 Å². The molecule has 0 unspecified atom stereocenters. The summed E-state index contributed by atoms with van der Waals surface area (Å²) in [5.41, 5.74) is 1.90. The maximum Gasteiger partial charge on any atom is 0.255 e. The van der Waals surface area contributed by atoms with Crippen LogP contribution >= 0.6 is 0 Å². The van der Waals surface area contributed by atoms with Gasteiger partial charge < -0.3 is 10.2 Å². The van der Waals surface area contributed by atoms with Crippen LogP contribution < -0.4 is 10.2 Å². The van der Waals surface area contributed by atoms with Gasteiger partial charge in [0.05, 0.1) is 52.4 Å². The Morgan fingerprint density at radius 1 is 1.14 bits per heavy atom. The molecule has 0 radical (unpaired) electrons. The molecule has 4 heterocycles. The van der Waals surface area contributed by atoms with Crippen molar-refractivity contribution in [2.45, 2.75) is 53.5 Å². The normalized spacial score (nSPS) is 14.2. The topological polar surface area (TPSA) is 111 Å². The first kappa shape index (κ1) is 27.3. The van der Waals surface area contributed by atoms with E-state index in [0.29, 0.717) is 16.9 Å². The third kappa shape index (κ3) is 5.78. The zero-order valence-corrected chi connectivity index (χ0v) is 21.8. The number of hydrogen-bond donors (Lipinski definition) is 1. The maximum atomic E-state index is 14.7. The quantitative estimate of drug-likeness (QED) is 0.516. The average Bonchev–Trinajstić information content (AvgIpc) is 3.57. The number of halogens is 1. The molecule has 2 aliphatic rings. The fraction of sp³-hybridized carbons (Fsp3) is 0.393. The van der Waals surface area contributed by atoms with Crippen molar-refractivity contribution in [1.82, 2.24) is 20.1 Å². The molecule has 3 aromatic rings. The number of nitriles is 2. The minimum atomic E-state index is -0.554. The molecule has 0 atom stereocenters. The lowest BCUT2D eigenvalue weighted by atomic mass is 9.99. The number of anilines is 1. The summed E-state index contributed by atoms with van der Waals surface area (Å²) in [5.74, 6) is -0.00936. The van der Waals surface area contributed by atoms with Gasteiger partial charge in [0.15, 0.2) is 5.82 Å². The van der Waals surface area contributed by atoms with E-state index in [2.05, 4.69) is 40.2 Å². The van der Waals surface area contributed by atoms with Crippen LogP contribution in [0.5, 0.6) is 0 Å². The number of rotatable bonds is 3. The van der Waals surface area contributed by atoms with Gasteiger partial charge in [-0.3, -0.25) is 4.79 Å². The van der Waals surface area contributed by atoms with E-state index in [4.69, 9.17) is 5.26 Å². The van der Waals surface area contributed by atoms with Crippen LogP contribution in [-0.4, -0.2) is 33.8 Å². The second kappa shape index (κ2) is 12.6. The van der Waals surface area contributed by atoms with Crippen LogP contribution in [0.2, 0.25) is 0 Å². The zero-order chi connectivity index (χ0) is 26.9. The van der Waals surface area contributed by atoms with Crippen LogP contribution in [0.3, 0.4) is 0 Å². The van der Waals surface area contributed by atoms with Gasteiger partial charge in [-0.25, -0.2) is 14.1 Å². The minimum Gasteiger partial charge on any atom is -0.355 e. The van der Waals surface area contributed by atoms with Crippen molar-refractivity contribution in [2.24, 2.45) is 5.92 Å². The molecule has 1 amide bonds. The molecule has 1 aromatic carbocycles. The number of amides is 1. The highest BCUT2D eigenvalue weighted by atomic mass is 19.1. The summed E-state index contributed by atoms with van der Waals surface area (Å²) in [4.78, 5) is 19.1. The van der Waals surface area contributed by atoms with Gasteiger partial charge >= 0.3 is 0 Å². The molecule has 1 saturated heterocycles. The zero-order valence-electron chi connectivity index (χ0n) is 21.8. The predicted octanol–water partition coefficient (Wildman–Crippen LogP) is 5.37. The van der Waals surface area contributed by atoms with Gasteiger partial charge in [0.25, 0.3) is 5.91 Å². The molecule has 2 aliphatic heterocycles. The molecule has 0 spiro atoms. The van der Waals surface area contributed by atoms with Crippen molar-refractivity contribution in [1.29, 1.82) is 10.5 Å². The van der Waals surface area contributed by atoms with Crippen molar-refractivity contribution in [2.75, 3.05) is 18.0 Å². The first-order valence-corrected chi connectivity index (χ1v) is 12.7. The summed E-state index contributed by atoms with van der Waals surface area (Å²) in [6.45, 7) is 9.94. The number of pyridine rings is 1. The standard InChI is InChI=1S/C23H18FN7O.C3H8.C2H6/c24-16-3-1-2-15(12-26)21(16)17-10-19(22-18(28-17)13-27-23(22)32)31-9-6-20(29-31)30-7-4-14(11-25)5-8-30;1-3-2;1-2/h1-3,6,9-10,14H,4-5,7-8,13H2,(H,27,32);3H2,1-2H3;1-2H3. The van der Waals surface area contributed by atoms with Crippen molar-refractivity contribution < 1.29 is 9.18 Å². The number of carbonyl (C=O) groups is 1. The Balaban J connectivity index is 0.000000711. The molecular weight excluding hydrogens is 469 g/mol. The SMILES string of the molecule is CC.CCC.N#Cc1cccc(F)c1-c1cc(-n2ccc(N3CCC(C#N)CC3)n2)c2c(n1)CNC2=O.